The molecule has 0 bridgehead atoms. The third kappa shape index (κ3) is 4.81. The first kappa shape index (κ1) is 25.2. The minimum Gasteiger partial charge on any atom is -0.543 e. The number of amides is 2. The fourth-order valence-electron chi connectivity index (χ4n) is 5.38. The van der Waals surface area contributed by atoms with Gasteiger partial charge in [0.1, 0.15) is 6.61 Å². The maximum Gasteiger partial charge on any atom is 0.410 e. The van der Waals surface area contributed by atoms with Gasteiger partial charge < -0.3 is 29.5 Å². The normalized spacial score (nSPS) is 28.5. The molecule has 1 N–H and O–H groups in total. The number of thioether (sulfide) groups is 1. The molecule has 3 aliphatic rings. The third-order valence-electron chi connectivity index (χ3n) is 6.99. The van der Waals surface area contributed by atoms with E-state index in [1.54, 1.807) is 18.0 Å². The average Bonchev–Trinajstić information content (AvgIpc) is 3.34. The highest BCUT2D eigenvalue weighted by molar-refractivity contribution is 8.03. The van der Waals surface area contributed by atoms with Crippen molar-refractivity contribution in [1.29, 1.82) is 0 Å². The lowest BCUT2D eigenvalue weighted by Crippen LogP contribution is -2.64. The number of aliphatic carboxylic acids is 1. The number of β-lactam (4-membered cyclic amide) rings is 1. The van der Waals surface area contributed by atoms with Crippen LogP contribution < -0.4 is 5.11 Å². The van der Waals surface area contributed by atoms with E-state index in [0.29, 0.717) is 30.7 Å². The van der Waals surface area contributed by atoms with Crippen molar-refractivity contribution in [1.82, 2.24) is 14.8 Å². The number of carbonyl (C=O) groups excluding carboxylic acids is 3. The zero-order valence-electron chi connectivity index (χ0n) is 19.8. The SMILES string of the molecule is C=CCOC(=O)N1C[C@@H](SC2=C(C(=O)[O-])N3C(=O)[C@H]([C@@H](C)O)[C@H]3[C@H]2C)C[C@H]1CCc1ccccn1. The van der Waals surface area contributed by atoms with Gasteiger partial charge in [-0.3, -0.25) is 9.78 Å². The number of hydrogen-bond acceptors (Lipinski definition) is 8. The molecule has 10 heteroatoms. The van der Waals surface area contributed by atoms with Gasteiger partial charge in [0.2, 0.25) is 5.91 Å². The van der Waals surface area contributed by atoms with E-state index in [2.05, 4.69) is 11.6 Å². The molecule has 4 heterocycles. The van der Waals surface area contributed by atoms with Crippen LogP contribution in [0.15, 0.2) is 47.7 Å². The van der Waals surface area contributed by atoms with Gasteiger partial charge in [-0.2, -0.15) is 0 Å². The topological polar surface area (TPSA) is 123 Å². The molecule has 2 saturated heterocycles. The molecule has 2 fully saturated rings. The lowest BCUT2D eigenvalue weighted by molar-refractivity contribution is -0.301. The summed E-state index contributed by atoms with van der Waals surface area (Å²) in [5.74, 6) is -2.66. The summed E-state index contributed by atoms with van der Waals surface area (Å²) < 4.78 is 5.30. The van der Waals surface area contributed by atoms with Crippen molar-refractivity contribution in [3.05, 3.63) is 53.3 Å². The van der Waals surface area contributed by atoms with Crippen LogP contribution in [0.5, 0.6) is 0 Å². The molecule has 0 unspecified atom stereocenters. The van der Waals surface area contributed by atoms with Crippen LogP contribution in [0.4, 0.5) is 4.79 Å². The fraction of sp³-hybridized carbons (Fsp3) is 0.520. The Labute approximate surface area is 208 Å². The fourth-order valence-corrected chi connectivity index (χ4v) is 6.94. The summed E-state index contributed by atoms with van der Waals surface area (Å²) in [7, 11) is 0. The minimum absolute atomic E-state index is 0.0781. The number of aliphatic hydroxyl groups excluding tert-OH is 1. The number of pyridine rings is 1. The Bertz CT molecular complexity index is 1030. The molecule has 4 rings (SSSR count). The lowest BCUT2D eigenvalue weighted by atomic mass is 9.79. The summed E-state index contributed by atoms with van der Waals surface area (Å²) in [6.45, 7) is 7.51. The number of aromatic nitrogens is 1. The van der Waals surface area contributed by atoms with Gasteiger partial charge in [0.15, 0.2) is 0 Å². The highest BCUT2D eigenvalue weighted by Crippen LogP contribution is 2.52. The molecular weight excluding hydrogens is 470 g/mol. The smallest absolute Gasteiger partial charge is 0.410 e. The quantitative estimate of drug-likeness (QED) is 0.398. The molecule has 0 aromatic carbocycles. The van der Waals surface area contributed by atoms with Crippen LogP contribution in [0.25, 0.3) is 0 Å². The van der Waals surface area contributed by atoms with Gasteiger partial charge in [0.25, 0.3) is 0 Å². The molecule has 0 radical (unpaired) electrons. The van der Waals surface area contributed by atoms with E-state index in [4.69, 9.17) is 4.74 Å². The molecule has 188 valence electrons. The number of carboxylic acid groups (broad SMARTS) is 1. The standard InChI is InChI=1S/C25H31N3O6S/c1-4-11-34-25(33)27-13-18(12-17(27)9-8-16-7-5-6-10-26-16)35-22-14(2)20-19(15(3)29)23(30)28(20)21(22)24(31)32/h4-7,10,14-15,17-20,29H,1,8-9,11-13H2,2-3H3,(H,31,32)/p-1/t14-,15-,17-,18+,19-,20-/m1/s1. The number of hydrogen-bond donors (Lipinski definition) is 1. The number of carbonyl (C=O) groups is 3. The molecule has 35 heavy (non-hydrogen) atoms. The molecule has 0 aliphatic carbocycles. The van der Waals surface area contributed by atoms with Crippen LogP contribution in [-0.4, -0.2) is 74.4 Å². The molecule has 1 aromatic heterocycles. The van der Waals surface area contributed by atoms with E-state index in [9.17, 15) is 24.6 Å². The Morgan fingerprint density at radius 1 is 1.43 bits per heavy atom. The second-order valence-corrected chi connectivity index (χ2v) is 10.6. The predicted molar refractivity (Wildman–Crippen MR) is 128 cm³/mol. The molecule has 0 spiro atoms. The Hall–Kier alpha value is -2.85. The van der Waals surface area contributed by atoms with Gasteiger partial charge in [-0.05, 0) is 38.3 Å². The molecule has 6 atom stereocenters. The molecule has 9 nitrogen and oxygen atoms in total. The maximum atomic E-state index is 12.8. The maximum absolute atomic E-state index is 12.8. The van der Waals surface area contributed by atoms with Crippen molar-refractivity contribution in [3.63, 3.8) is 0 Å². The Morgan fingerprint density at radius 3 is 2.83 bits per heavy atom. The minimum atomic E-state index is -1.40. The van der Waals surface area contributed by atoms with E-state index in [1.807, 2.05) is 25.1 Å². The van der Waals surface area contributed by atoms with Crippen molar-refractivity contribution in [2.45, 2.75) is 56.5 Å². The van der Waals surface area contributed by atoms with Crippen LogP contribution in [0.3, 0.4) is 0 Å². The van der Waals surface area contributed by atoms with Crippen molar-refractivity contribution in [3.8, 4) is 0 Å². The lowest BCUT2D eigenvalue weighted by Gasteiger charge is -2.47. The van der Waals surface area contributed by atoms with Gasteiger partial charge in [-0.1, -0.05) is 25.6 Å². The largest absolute Gasteiger partial charge is 0.543 e. The van der Waals surface area contributed by atoms with Crippen molar-refractivity contribution < 1.29 is 29.3 Å². The molecule has 3 aliphatic heterocycles. The molecule has 1 aromatic rings. The van der Waals surface area contributed by atoms with E-state index in [-0.39, 0.29) is 35.4 Å². The van der Waals surface area contributed by atoms with Crippen LogP contribution >= 0.6 is 11.8 Å². The number of fused-ring (bicyclic) bond motifs is 1. The first-order chi connectivity index (χ1) is 16.7. The van der Waals surface area contributed by atoms with Gasteiger partial charge in [0, 0.05) is 40.6 Å². The van der Waals surface area contributed by atoms with E-state index in [0.717, 1.165) is 5.69 Å². The third-order valence-corrected chi connectivity index (χ3v) is 8.48. The number of carboxylic acids is 1. The Balaban J connectivity index is 1.52. The molecule has 0 saturated carbocycles. The zero-order valence-corrected chi connectivity index (χ0v) is 20.6. The van der Waals surface area contributed by atoms with Gasteiger partial charge in [-0.25, -0.2) is 4.79 Å². The van der Waals surface area contributed by atoms with E-state index in [1.165, 1.54) is 22.7 Å². The second kappa shape index (κ2) is 10.4. The highest BCUT2D eigenvalue weighted by Gasteiger charge is 2.59. The molecular formula is C25H30N3O6S-. The van der Waals surface area contributed by atoms with Gasteiger partial charge in [-0.15, -0.1) is 11.8 Å². The summed E-state index contributed by atoms with van der Waals surface area (Å²) in [5, 5.41) is 22.0. The summed E-state index contributed by atoms with van der Waals surface area (Å²) >= 11 is 1.39. The van der Waals surface area contributed by atoms with Crippen LogP contribution in [-0.2, 0) is 20.7 Å². The van der Waals surface area contributed by atoms with Crippen LogP contribution in [0.1, 0.15) is 32.4 Å². The predicted octanol–water partition coefficient (Wildman–Crippen LogP) is 1.33. The van der Waals surface area contributed by atoms with Gasteiger partial charge >= 0.3 is 6.09 Å². The number of aryl methyl sites for hydroxylation is 1. The highest BCUT2D eigenvalue weighted by atomic mass is 32.2. The van der Waals surface area contributed by atoms with Crippen molar-refractivity contribution >= 4 is 29.7 Å². The summed E-state index contributed by atoms with van der Waals surface area (Å²) in [5.41, 5.74) is 0.827. The Kier molecular flexibility index (Phi) is 7.51. The van der Waals surface area contributed by atoms with E-state index < -0.39 is 30.1 Å². The monoisotopic (exact) mass is 500 g/mol. The van der Waals surface area contributed by atoms with Crippen LogP contribution in [0, 0.1) is 11.8 Å². The first-order valence-electron chi connectivity index (χ1n) is 11.8. The van der Waals surface area contributed by atoms with Gasteiger partial charge in [0.05, 0.1) is 29.7 Å². The number of likely N-dealkylation sites (tertiary alicyclic amines) is 1. The summed E-state index contributed by atoms with van der Waals surface area (Å²) in [6.07, 6.45) is 3.99. The number of rotatable bonds is 9. The Morgan fingerprint density at radius 2 is 2.20 bits per heavy atom. The van der Waals surface area contributed by atoms with Crippen LogP contribution in [0.2, 0.25) is 0 Å². The second-order valence-electron chi connectivity index (χ2n) is 9.26. The number of aliphatic hydroxyl groups is 1. The van der Waals surface area contributed by atoms with E-state index >= 15 is 0 Å². The molecule has 2 amide bonds. The summed E-state index contributed by atoms with van der Waals surface area (Å²) in [6, 6.07) is 5.23. The zero-order chi connectivity index (χ0) is 25.3. The summed E-state index contributed by atoms with van der Waals surface area (Å²) in [4.78, 5) is 45.3. The first-order valence-corrected chi connectivity index (χ1v) is 12.7. The average molecular weight is 501 g/mol. The van der Waals surface area contributed by atoms with Crippen molar-refractivity contribution in [2.24, 2.45) is 11.8 Å². The number of nitrogens with zero attached hydrogens (tertiary/aromatic N) is 3. The van der Waals surface area contributed by atoms with Crippen molar-refractivity contribution in [2.75, 3.05) is 13.2 Å². The number of ether oxygens (including phenoxy) is 1.